The van der Waals surface area contributed by atoms with Crippen molar-refractivity contribution in [2.24, 2.45) is 0 Å². The molecule has 1 atom stereocenters. The fraction of sp³-hybridized carbons (Fsp3) is 0.379. The minimum absolute atomic E-state index is 0.0138. The molecule has 0 saturated heterocycles. The van der Waals surface area contributed by atoms with Crippen molar-refractivity contribution in [2.45, 2.75) is 38.4 Å². The number of halogens is 3. The summed E-state index contributed by atoms with van der Waals surface area (Å²) in [6, 6.07) is 11.2. The van der Waals surface area contributed by atoms with Gasteiger partial charge in [-0.05, 0) is 55.3 Å². The smallest absolute Gasteiger partial charge is 0.416 e. The van der Waals surface area contributed by atoms with E-state index in [-0.39, 0.29) is 42.5 Å². The number of rotatable bonds is 11. The van der Waals surface area contributed by atoms with Gasteiger partial charge in [0.05, 0.1) is 52.7 Å². The normalized spacial score (nSPS) is 17.1. The number of aliphatic carboxylic acids is 1. The molecule has 0 aromatic heterocycles. The largest absolute Gasteiger partial charge is 0.549 e. The van der Waals surface area contributed by atoms with Crippen molar-refractivity contribution in [1.82, 2.24) is 15.1 Å². The van der Waals surface area contributed by atoms with E-state index in [1.165, 1.54) is 17.0 Å². The van der Waals surface area contributed by atoms with Gasteiger partial charge < -0.3 is 20.1 Å². The molecule has 0 aliphatic carbocycles. The maximum absolute atomic E-state index is 13.7. The predicted octanol–water partition coefficient (Wildman–Crippen LogP) is 3.19. The number of nitrogens with zero attached hydrogens (tertiary/aromatic N) is 4. The lowest BCUT2D eigenvalue weighted by Crippen LogP contribution is -2.47. The Labute approximate surface area is 235 Å². The second-order valence-corrected chi connectivity index (χ2v) is 9.94. The average molecular weight is 569 g/mol. The van der Waals surface area contributed by atoms with Crippen LogP contribution in [-0.2, 0) is 15.8 Å². The van der Waals surface area contributed by atoms with E-state index in [4.69, 9.17) is 5.26 Å². The quantitative estimate of drug-likeness (QED) is 0.445. The van der Waals surface area contributed by atoms with Gasteiger partial charge in [0.2, 0.25) is 0 Å². The fourth-order valence-corrected chi connectivity index (χ4v) is 5.09. The monoisotopic (exact) mass is 568 g/mol. The summed E-state index contributed by atoms with van der Waals surface area (Å²) >= 11 is 0. The molecule has 2 heterocycles. The third-order valence-corrected chi connectivity index (χ3v) is 7.09. The molecule has 1 unspecified atom stereocenters. The number of anilines is 1. The number of carbonyl (C=O) groups excluding carboxylic acids is 3. The van der Waals surface area contributed by atoms with E-state index >= 15 is 0 Å². The zero-order valence-corrected chi connectivity index (χ0v) is 22.4. The third kappa shape index (κ3) is 6.69. The summed E-state index contributed by atoms with van der Waals surface area (Å²) in [6.45, 7) is 2.95. The first-order chi connectivity index (χ1) is 19.5. The molecule has 2 aromatic rings. The minimum Gasteiger partial charge on any atom is -0.549 e. The van der Waals surface area contributed by atoms with Crippen LogP contribution in [0.3, 0.4) is 0 Å². The van der Waals surface area contributed by atoms with Crippen LogP contribution in [0.2, 0.25) is 0 Å². The van der Waals surface area contributed by atoms with Gasteiger partial charge in [-0.25, -0.2) is 4.79 Å². The molecule has 2 aliphatic rings. The second kappa shape index (κ2) is 12.4. The zero-order chi connectivity index (χ0) is 29.7. The van der Waals surface area contributed by atoms with Crippen molar-refractivity contribution < 1.29 is 32.7 Å². The van der Waals surface area contributed by atoms with E-state index in [1.807, 2.05) is 13.0 Å². The summed E-state index contributed by atoms with van der Waals surface area (Å²) in [5.41, 5.74) is 0.467. The molecular formula is C29H29F3N5O4-. The number of carbonyl (C=O) groups is 3. The zero-order valence-electron chi connectivity index (χ0n) is 22.4. The molecule has 0 saturated carbocycles. The van der Waals surface area contributed by atoms with Gasteiger partial charge in [-0.15, -0.1) is 0 Å². The molecule has 0 spiro atoms. The number of unbranched alkanes of at least 4 members (excludes halogenated alkanes) is 1. The summed E-state index contributed by atoms with van der Waals surface area (Å²) < 4.78 is 40.4. The van der Waals surface area contributed by atoms with Gasteiger partial charge in [-0.3, -0.25) is 14.6 Å². The van der Waals surface area contributed by atoms with Gasteiger partial charge in [0.25, 0.3) is 5.91 Å². The van der Waals surface area contributed by atoms with E-state index in [2.05, 4.69) is 5.32 Å². The Morgan fingerprint density at radius 1 is 1.15 bits per heavy atom. The Morgan fingerprint density at radius 3 is 2.49 bits per heavy atom. The van der Waals surface area contributed by atoms with Gasteiger partial charge in [-0.1, -0.05) is 31.5 Å². The maximum Gasteiger partial charge on any atom is 0.416 e. The molecule has 216 valence electrons. The number of hydrogen-bond donors (Lipinski definition) is 1. The third-order valence-electron chi connectivity index (χ3n) is 7.09. The number of alkyl halides is 3. The summed E-state index contributed by atoms with van der Waals surface area (Å²) in [5.74, 6) is -1.58. The molecule has 2 aliphatic heterocycles. The van der Waals surface area contributed by atoms with Gasteiger partial charge >= 0.3 is 12.2 Å². The fourth-order valence-electron chi connectivity index (χ4n) is 5.09. The first-order valence-electron chi connectivity index (χ1n) is 13.3. The number of nitriles is 1. The molecule has 3 amide bonds. The average Bonchev–Trinajstić information content (AvgIpc) is 3.26. The van der Waals surface area contributed by atoms with Crippen molar-refractivity contribution in [2.75, 3.05) is 37.6 Å². The molecule has 12 heteroatoms. The first kappa shape index (κ1) is 29.6. The number of hydrogen-bond acceptors (Lipinski definition) is 6. The molecule has 0 bridgehead atoms. The lowest BCUT2D eigenvalue weighted by atomic mass is 9.94. The van der Waals surface area contributed by atoms with E-state index in [1.54, 1.807) is 29.2 Å². The SMILES string of the molecule is CCCCN(CCCN1CC2=C(C1=O)C(c1ccc(C#N)cc1)NC(=O)N2c1cccc(C(F)(F)F)c1)CC(=O)[O-]. The molecular weight excluding hydrogens is 539 g/mol. The van der Waals surface area contributed by atoms with Crippen molar-refractivity contribution in [3.8, 4) is 6.07 Å². The van der Waals surface area contributed by atoms with E-state index < -0.39 is 29.8 Å². The summed E-state index contributed by atoms with van der Waals surface area (Å²) in [6.07, 6.45) is -2.50. The van der Waals surface area contributed by atoms with Gasteiger partial charge in [0, 0.05) is 19.6 Å². The van der Waals surface area contributed by atoms with Crippen LogP contribution in [0.25, 0.3) is 0 Å². The van der Waals surface area contributed by atoms with Crippen LogP contribution in [-0.4, -0.2) is 60.4 Å². The Morgan fingerprint density at radius 2 is 1.85 bits per heavy atom. The number of urea groups is 1. The topological polar surface area (TPSA) is 120 Å². The Bertz CT molecular complexity index is 1380. The summed E-state index contributed by atoms with van der Waals surface area (Å²) in [4.78, 5) is 42.6. The predicted molar refractivity (Wildman–Crippen MR) is 141 cm³/mol. The van der Waals surface area contributed by atoms with E-state index in [0.29, 0.717) is 30.6 Å². The minimum atomic E-state index is -4.63. The Hall–Kier alpha value is -4.37. The van der Waals surface area contributed by atoms with Gasteiger partial charge in [0.15, 0.2) is 0 Å². The number of amides is 3. The highest BCUT2D eigenvalue weighted by Gasteiger charge is 2.45. The van der Waals surface area contributed by atoms with Gasteiger partial charge in [-0.2, -0.15) is 18.4 Å². The molecule has 4 rings (SSSR count). The molecule has 0 fully saturated rings. The molecule has 2 aromatic carbocycles. The van der Waals surface area contributed by atoms with Crippen molar-refractivity contribution >= 4 is 23.6 Å². The van der Waals surface area contributed by atoms with Crippen molar-refractivity contribution in [3.05, 3.63) is 76.5 Å². The van der Waals surface area contributed by atoms with E-state index in [9.17, 15) is 32.7 Å². The van der Waals surface area contributed by atoms with Crippen LogP contribution in [0.15, 0.2) is 59.8 Å². The molecule has 9 nitrogen and oxygen atoms in total. The van der Waals surface area contributed by atoms with E-state index in [0.717, 1.165) is 29.9 Å². The van der Waals surface area contributed by atoms with Crippen LogP contribution in [0.4, 0.5) is 23.7 Å². The number of carboxylic acids is 1. The highest BCUT2D eigenvalue weighted by Crippen LogP contribution is 2.40. The Kier molecular flexibility index (Phi) is 8.98. The van der Waals surface area contributed by atoms with Crippen molar-refractivity contribution in [1.29, 1.82) is 5.26 Å². The number of nitrogens with one attached hydrogen (secondary N) is 1. The van der Waals surface area contributed by atoms with Crippen LogP contribution < -0.4 is 15.3 Å². The molecule has 1 N–H and O–H groups in total. The highest BCUT2D eigenvalue weighted by atomic mass is 19.4. The lowest BCUT2D eigenvalue weighted by molar-refractivity contribution is -0.306. The lowest BCUT2D eigenvalue weighted by Gasteiger charge is -2.34. The number of benzene rings is 2. The molecule has 41 heavy (non-hydrogen) atoms. The van der Waals surface area contributed by atoms with Crippen molar-refractivity contribution in [3.63, 3.8) is 0 Å². The van der Waals surface area contributed by atoms with Crippen LogP contribution in [0.1, 0.15) is 48.9 Å². The maximum atomic E-state index is 13.7. The van der Waals surface area contributed by atoms with Crippen LogP contribution in [0, 0.1) is 11.3 Å². The van der Waals surface area contributed by atoms with Crippen LogP contribution in [0.5, 0.6) is 0 Å². The van der Waals surface area contributed by atoms with Crippen LogP contribution >= 0.6 is 0 Å². The molecule has 0 radical (unpaired) electrons. The summed E-state index contributed by atoms with van der Waals surface area (Å²) in [5, 5.41) is 23.1. The summed E-state index contributed by atoms with van der Waals surface area (Å²) in [7, 11) is 0. The Balaban J connectivity index is 1.64. The second-order valence-electron chi connectivity index (χ2n) is 9.94. The first-order valence-corrected chi connectivity index (χ1v) is 13.3. The number of carboxylic acid groups (broad SMARTS) is 1. The highest BCUT2D eigenvalue weighted by molar-refractivity contribution is 6.07. The standard InChI is InChI=1S/C29H30F3N5O4/c1-2-3-12-35(18-24(38)39)13-5-14-36-17-23-25(27(36)40)26(20-10-8-19(16-33)9-11-20)34-28(41)37(23)22-7-4-6-21(15-22)29(30,31)32/h4,6-11,15,26H,2-3,5,12-14,17-18H2,1H3,(H,34,41)(H,38,39)/p-1. The van der Waals surface area contributed by atoms with Gasteiger partial charge in [0.1, 0.15) is 0 Å².